The number of nitrogens with two attached hydrogens (primary N) is 1. The quantitative estimate of drug-likeness (QED) is 0.533. The van der Waals surface area contributed by atoms with Crippen molar-refractivity contribution in [3.63, 3.8) is 0 Å². The molecule has 0 saturated heterocycles. The van der Waals surface area contributed by atoms with E-state index >= 15 is 0 Å². The van der Waals surface area contributed by atoms with Gasteiger partial charge in [-0.05, 0) is 12.2 Å². The van der Waals surface area contributed by atoms with Crippen molar-refractivity contribution in [2.45, 2.75) is 6.10 Å². The number of esters is 1. The van der Waals surface area contributed by atoms with Crippen LogP contribution in [0.2, 0.25) is 0 Å². The van der Waals surface area contributed by atoms with Crippen molar-refractivity contribution in [3.8, 4) is 23.7 Å². The molecule has 1 heterocycles. The molecule has 1 aliphatic rings. The van der Waals surface area contributed by atoms with Gasteiger partial charge in [0.2, 0.25) is 0 Å². The van der Waals surface area contributed by atoms with Crippen LogP contribution in [0.1, 0.15) is 0 Å². The molecule has 0 fully saturated rings. The maximum Gasteiger partial charge on any atom is 0.321 e. The Kier molecular flexibility index (Phi) is 5.47. The zero-order valence-corrected chi connectivity index (χ0v) is 8.97. The van der Waals surface area contributed by atoms with Gasteiger partial charge in [0, 0.05) is 0 Å². The standard InChI is InChI=1S/C11H11NO2S/c12-9-11(13)14-10-5-2-1-3-7-15-8-4-6-10/h2,5,10H,7-9,12H2/b5-2-. The minimum absolute atomic E-state index is 0.132. The van der Waals surface area contributed by atoms with E-state index in [1.807, 2.05) is 0 Å². The molecular formula is C11H11NO2S. The van der Waals surface area contributed by atoms with Crippen LogP contribution in [-0.4, -0.2) is 30.1 Å². The second kappa shape index (κ2) is 7.00. The molecule has 0 aromatic carbocycles. The summed E-state index contributed by atoms with van der Waals surface area (Å²) >= 11 is 1.63. The Morgan fingerprint density at radius 3 is 3.13 bits per heavy atom. The number of ether oxygens (including phenoxy) is 1. The molecular weight excluding hydrogens is 210 g/mol. The first-order valence-electron chi connectivity index (χ1n) is 4.43. The molecule has 1 rings (SSSR count). The highest BCUT2D eigenvalue weighted by atomic mass is 32.2. The van der Waals surface area contributed by atoms with Crippen molar-refractivity contribution in [1.82, 2.24) is 0 Å². The summed E-state index contributed by atoms with van der Waals surface area (Å²) in [7, 11) is 0. The van der Waals surface area contributed by atoms with Gasteiger partial charge in [-0.2, -0.15) is 0 Å². The third-order valence-electron chi connectivity index (χ3n) is 1.47. The number of hydrogen-bond donors (Lipinski definition) is 1. The summed E-state index contributed by atoms with van der Waals surface area (Å²) in [4.78, 5) is 10.9. The van der Waals surface area contributed by atoms with Gasteiger partial charge >= 0.3 is 5.97 Å². The molecule has 0 bridgehead atoms. The largest absolute Gasteiger partial charge is 0.444 e. The third-order valence-corrected chi connectivity index (χ3v) is 2.17. The van der Waals surface area contributed by atoms with E-state index in [-0.39, 0.29) is 6.54 Å². The molecule has 1 unspecified atom stereocenters. The fraction of sp³-hybridized carbons (Fsp3) is 0.364. The minimum atomic E-state index is -0.533. The minimum Gasteiger partial charge on any atom is -0.444 e. The molecule has 0 amide bonds. The van der Waals surface area contributed by atoms with Crippen LogP contribution in [0.5, 0.6) is 0 Å². The molecule has 2 N–H and O–H groups in total. The van der Waals surface area contributed by atoms with Crippen molar-refractivity contribution in [3.05, 3.63) is 12.2 Å². The van der Waals surface area contributed by atoms with Crippen LogP contribution >= 0.6 is 11.8 Å². The van der Waals surface area contributed by atoms with E-state index in [4.69, 9.17) is 10.5 Å². The van der Waals surface area contributed by atoms with E-state index in [9.17, 15) is 4.79 Å². The highest BCUT2D eigenvalue weighted by Gasteiger charge is 2.06. The highest BCUT2D eigenvalue weighted by molar-refractivity contribution is 7.99. The predicted molar refractivity (Wildman–Crippen MR) is 61.0 cm³/mol. The van der Waals surface area contributed by atoms with Crippen molar-refractivity contribution in [2.24, 2.45) is 5.73 Å². The lowest BCUT2D eigenvalue weighted by Gasteiger charge is -2.06. The molecule has 3 nitrogen and oxygen atoms in total. The van der Waals surface area contributed by atoms with Gasteiger partial charge in [0.25, 0.3) is 0 Å². The van der Waals surface area contributed by atoms with Gasteiger partial charge in [-0.15, -0.1) is 11.8 Å². The van der Waals surface area contributed by atoms with Crippen molar-refractivity contribution in [1.29, 1.82) is 0 Å². The van der Waals surface area contributed by atoms with E-state index in [0.717, 1.165) is 5.75 Å². The molecule has 0 aliphatic carbocycles. The summed E-state index contributed by atoms with van der Waals surface area (Å²) in [5.41, 5.74) is 5.14. The zero-order valence-electron chi connectivity index (χ0n) is 8.16. The zero-order chi connectivity index (χ0) is 10.9. The van der Waals surface area contributed by atoms with Crippen LogP contribution in [0.4, 0.5) is 0 Å². The van der Waals surface area contributed by atoms with Crippen LogP contribution in [0.15, 0.2) is 12.2 Å². The average Bonchev–Trinajstić information content (AvgIpc) is 2.27. The highest BCUT2D eigenvalue weighted by Crippen LogP contribution is 1.99. The number of hydrogen-bond acceptors (Lipinski definition) is 4. The van der Waals surface area contributed by atoms with E-state index in [2.05, 4.69) is 23.7 Å². The summed E-state index contributed by atoms with van der Waals surface area (Å²) in [5, 5.41) is 0. The second-order valence-corrected chi connectivity index (χ2v) is 3.59. The Labute approximate surface area is 93.4 Å². The van der Waals surface area contributed by atoms with Crippen molar-refractivity contribution < 1.29 is 9.53 Å². The smallest absolute Gasteiger partial charge is 0.321 e. The van der Waals surface area contributed by atoms with Crippen LogP contribution in [0.3, 0.4) is 0 Å². The van der Waals surface area contributed by atoms with Crippen LogP contribution < -0.4 is 5.73 Å². The lowest BCUT2D eigenvalue weighted by molar-refractivity contribution is -0.142. The molecule has 1 aliphatic heterocycles. The van der Waals surface area contributed by atoms with Crippen LogP contribution in [0.25, 0.3) is 0 Å². The maximum absolute atomic E-state index is 10.9. The first-order chi connectivity index (χ1) is 7.33. The van der Waals surface area contributed by atoms with E-state index in [0.29, 0.717) is 5.75 Å². The molecule has 15 heavy (non-hydrogen) atoms. The Bertz CT molecular complexity index is 368. The first kappa shape index (κ1) is 11.7. The predicted octanol–water partition coefficient (Wildman–Crippen LogP) is 0.167. The Hall–Kier alpha value is -1.36. The fourth-order valence-electron chi connectivity index (χ4n) is 0.838. The number of thioether (sulfide) groups is 1. The average molecular weight is 221 g/mol. The Morgan fingerprint density at radius 2 is 2.33 bits per heavy atom. The Balaban J connectivity index is 2.63. The maximum atomic E-state index is 10.9. The molecule has 1 atom stereocenters. The van der Waals surface area contributed by atoms with Gasteiger partial charge in [0.15, 0.2) is 6.10 Å². The third kappa shape index (κ3) is 5.17. The molecule has 4 heteroatoms. The van der Waals surface area contributed by atoms with Gasteiger partial charge in [0.1, 0.15) is 0 Å². The fourth-order valence-corrected chi connectivity index (χ4v) is 1.31. The summed E-state index contributed by atoms with van der Waals surface area (Å²) in [5.74, 6) is 12.5. The molecule has 78 valence electrons. The van der Waals surface area contributed by atoms with Gasteiger partial charge in [0.05, 0.1) is 18.1 Å². The lowest BCUT2D eigenvalue weighted by Crippen LogP contribution is -2.22. The number of carbonyl (C=O) groups is 1. The second-order valence-electron chi connectivity index (χ2n) is 2.61. The van der Waals surface area contributed by atoms with Gasteiger partial charge < -0.3 is 10.5 Å². The van der Waals surface area contributed by atoms with Gasteiger partial charge in [-0.25, -0.2) is 0 Å². The molecule has 0 spiro atoms. The number of allylic oxidation sites excluding steroid dienone is 1. The summed E-state index contributed by atoms with van der Waals surface area (Å²) in [6, 6.07) is 0. The van der Waals surface area contributed by atoms with Gasteiger partial charge in [-0.3, -0.25) is 4.79 Å². The van der Waals surface area contributed by atoms with Crippen LogP contribution in [0, 0.1) is 23.7 Å². The van der Waals surface area contributed by atoms with E-state index in [1.165, 1.54) is 0 Å². The molecule has 0 aromatic heterocycles. The van der Waals surface area contributed by atoms with E-state index in [1.54, 1.807) is 23.9 Å². The van der Waals surface area contributed by atoms with E-state index < -0.39 is 12.1 Å². The topological polar surface area (TPSA) is 52.3 Å². The lowest BCUT2D eigenvalue weighted by atomic mass is 10.3. The van der Waals surface area contributed by atoms with Gasteiger partial charge in [-0.1, -0.05) is 23.7 Å². The monoisotopic (exact) mass is 221 g/mol. The summed E-state index contributed by atoms with van der Waals surface area (Å²) < 4.78 is 4.97. The first-order valence-corrected chi connectivity index (χ1v) is 5.59. The van der Waals surface area contributed by atoms with Crippen LogP contribution in [-0.2, 0) is 9.53 Å². The Morgan fingerprint density at radius 1 is 1.53 bits per heavy atom. The molecule has 0 saturated carbocycles. The molecule has 0 aromatic rings. The summed E-state index contributed by atoms with van der Waals surface area (Å²) in [6.45, 7) is -0.132. The molecule has 0 radical (unpaired) electrons. The van der Waals surface area contributed by atoms with Crippen molar-refractivity contribution in [2.75, 3.05) is 18.1 Å². The SMILES string of the molecule is NCC(=O)OC1C#CCSCC#C/C=C\1. The normalized spacial score (nSPS) is 21.3. The summed E-state index contributed by atoms with van der Waals surface area (Å²) in [6.07, 6.45) is 2.77. The number of carbonyl (C=O) groups excluding carboxylic acids is 1. The van der Waals surface area contributed by atoms with Crippen molar-refractivity contribution >= 4 is 17.7 Å². The number of rotatable bonds is 2.